The number of ether oxygens (including phenoxy) is 1. The molecule has 43 heavy (non-hydrogen) atoms. The summed E-state index contributed by atoms with van der Waals surface area (Å²) in [5, 5.41) is 4.50. The van der Waals surface area contributed by atoms with Crippen LogP contribution in [0.25, 0.3) is 11.2 Å². The number of nitrogens with two attached hydrogens (primary N) is 1. The average Bonchev–Trinajstić information content (AvgIpc) is 3.31. The number of nitrogen functional groups attached to an aromatic ring is 1. The van der Waals surface area contributed by atoms with Gasteiger partial charge in [0.05, 0.1) is 23.2 Å². The molecule has 0 aromatic carbocycles. The summed E-state index contributed by atoms with van der Waals surface area (Å²) in [6, 6.07) is 0. The van der Waals surface area contributed by atoms with Crippen LogP contribution >= 0.6 is 0 Å². The zero-order valence-corrected chi connectivity index (χ0v) is 26.3. The van der Waals surface area contributed by atoms with E-state index < -0.39 is 0 Å². The number of Topliss-reactive ketones (excluding diaryl/α,β-unsaturated/α-hetero) is 1. The maximum atomic E-state index is 12.7. The molecule has 0 atom stereocenters. The minimum Gasteiger partial charge on any atom is -0.383 e. The van der Waals surface area contributed by atoms with Gasteiger partial charge in [0, 0.05) is 62.5 Å². The molecule has 1 saturated heterocycles. The Morgan fingerprint density at radius 2 is 1.91 bits per heavy atom. The normalized spacial score (nSPS) is 15.6. The summed E-state index contributed by atoms with van der Waals surface area (Å²) in [4.78, 5) is 40.9. The minimum atomic E-state index is -0.138. The maximum absolute atomic E-state index is 12.7. The van der Waals surface area contributed by atoms with Crippen molar-refractivity contribution < 1.29 is 14.3 Å². The number of likely N-dealkylation sites (tertiary alicyclic amines) is 1. The molecule has 1 amide bonds. The molecule has 0 aliphatic carbocycles. The van der Waals surface area contributed by atoms with Crippen molar-refractivity contribution in [2.24, 2.45) is 9.98 Å². The molecule has 10 heteroatoms. The number of terminal acetylenes is 1. The van der Waals surface area contributed by atoms with Crippen LogP contribution in [0.2, 0.25) is 0 Å². The van der Waals surface area contributed by atoms with Gasteiger partial charge in [-0.15, -0.1) is 12.8 Å². The Morgan fingerprint density at radius 3 is 2.51 bits per heavy atom. The van der Waals surface area contributed by atoms with E-state index in [-0.39, 0.29) is 24.3 Å². The second-order valence-corrected chi connectivity index (χ2v) is 9.75. The Morgan fingerprint density at radius 1 is 1.21 bits per heavy atom. The Kier molecular flexibility index (Phi) is 14.2. The number of aromatic nitrogens is 3. The Labute approximate surface area is 255 Å². The van der Waals surface area contributed by atoms with Crippen molar-refractivity contribution in [2.75, 3.05) is 32.7 Å². The number of piperidine rings is 1. The van der Waals surface area contributed by atoms with Gasteiger partial charge in [0.1, 0.15) is 12.5 Å². The number of carbonyl (C=O) groups is 2. The molecule has 4 rings (SSSR count). The molecule has 2 aliphatic heterocycles. The summed E-state index contributed by atoms with van der Waals surface area (Å²) < 4.78 is 6.56. The van der Waals surface area contributed by atoms with Gasteiger partial charge in [0.2, 0.25) is 5.91 Å². The number of nitrogens with zero attached hydrogens (tertiary/aromatic N) is 6. The van der Waals surface area contributed by atoms with Crippen LogP contribution in [0.1, 0.15) is 94.3 Å². The third kappa shape index (κ3) is 8.36. The number of ketones is 1. The second-order valence-electron chi connectivity index (χ2n) is 9.75. The molecule has 230 valence electrons. The van der Waals surface area contributed by atoms with E-state index >= 15 is 0 Å². The topological polar surface area (TPSA) is 128 Å². The predicted molar refractivity (Wildman–Crippen MR) is 175 cm³/mol. The van der Waals surface area contributed by atoms with Crippen LogP contribution in [0.5, 0.6) is 0 Å². The molecule has 0 bridgehead atoms. The molecule has 1 fully saturated rings. The smallest absolute Gasteiger partial charge is 0.222 e. The second kappa shape index (κ2) is 17.6. The number of fused-ring (bicyclic) bond motifs is 1. The molecule has 0 unspecified atom stereocenters. The Bertz CT molecular complexity index is 1440. The molecule has 10 nitrogen and oxygen atoms in total. The molecule has 0 radical (unpaired) electrons. The fourth-order valence-corrected chi connectivity index (χ4v) is 5.09. The van der Waals surface area contributed by atoms with Gasteiger partial charge in [-0.25, -0.2) is 4.98 Å². The van der Waals surface area contributed by atoms with Crippen LogP contribution in [0.15, 0.2) is 45.7 Å². The van der Waals surface area contributed by atoms with Crippen LogP contribution in [0, 0.1) is 12.8 Å². The van der Waals surface area contributed by atoms with Crippen molar-refractivity contribution >= 4 is 41.2 Å². The molecule has 0 spiro atoms. The molecule has 2 aromatic heterocycles. The number of hydrogen-bond acceptors (Lipinski definition) is 8. The van der Waals surface area contributed by atoms with E-state index in [0.717, 1.165) is 41.7 Å². The van der Waals surface area contributed by atoms with Gasteiger partial charge in [-0.3, -0.25) is 19.6 Å². The zero-order chi connectivity index (χ0) is 31.9. The van der Waals surface area contributed by atoms with Gasteiger partial charge >= 0.3 is 0 Å². The molecule has 2 aromatic rings. The van der Waals surface area contributed by atoms with Crippen LogP contribution in [-0.2, 0) is 9.53 Å². The lowest BCUT2D eigenvalue weighted by atomic mass is 9.89. The van der Waals surface area contributed by atoms with Gasteiger partial charge in [0.25, 0.3) is 0 Å². The van der Waals surface area contributed by atoms with E-state index in [1.54, 1.807) is 24.0 Å². The quantitative estimate of drug-likeness (QED) is 0.229. The lowest BCUT2D eigenvalue weighted by Gasteiger charge is -2.32. The van der Waals surface area contributed by atoms with E-state index in [1.165, 1.54) is 6.92 Å². The number of aliphatic imine (C=N–C) groups is 2. The average molecular weight is 588 g/mol. The van der Waals surface area contributed by atoms with Crippen molar-refractivity contribution in [3.8, 4) is 12.8 Å². The summed E-state index contributed by atoms with van der Waals surface area (Å²) in [7, 11) is 1.60. The van der Waals surface area contributed by atoms with E-state index in [2.05, 4.69) is 27.9 Å². The first-order valence-corrected chi connectivity index (χ1v) is 14.8. The van der Waals surface area contributed by atoms with Crippen LogP contribution in [-0.4, -0.2) is 70.5 Å². The maximum Gasteiger partial charge on any atom is 0.222 e. The van der Waals surface area contributed by atoms with Crippen molar-refractivity contribution in [1.82, 2.24) is 19.5 Å². The van der Waals surface area contributed by atoms with Gasteiger partial charge in [-0.05, 0) is 44.8 Å². The highest BCUT2D eigenvalue weighted by Gasteiger charge is 2.30. The number of methoxy groups -OCH3 is 1. The van der Waals surface area contributed by atoms with Crippen LogP contribution < -0.4 is 5.73 Å². The highest BCUT2D eigenvalue weighted by Crippen LogP contribution is 2.34. The third-order valence-corrected chi connectivity index (χ3v) is 7.13. The van der Waals surface area contributed by atoms with Gasteiger partial charge < -0.3 is 15.4 Å². The van der Waals surface area contributed by atoms with Crippen molar-refractivity contribution in [1.29, 1.82) is 0 Å². The van der Waals surface area contributed by atoms with E-state index in [9.17, 15) is 9.59 Å². The fourth-order valence-electron chi connectivity index (χ4n) is 5.09. The lowest BCUT2D eigenvalue weighted by Crippen LogP contribution is -2.38. The number of anilines is 1. The monoisotopic (exact) mass is 587 g/mol. The van der Waals surface area contributed by atoms with Crippen molar-refractivity contribution in [2.45, 2.75) is 72.6 Å². The number of carbonyl (C=O) groups excluding carboxylic acids is 2. The largest absolute Gasteiger partial charge is 0.383 e. The first-order chi connectivity index (χ1) is 20.9. The molecule has 2 aliphatic rings. The standard InChI is InChI=1S/C29H37N7O3.C2H6.C2H2/c1-5-7-25(38)35-14-11-22(12-15-35)27-26(19(3)37)28(30)36-29(34-27)23(17-33-36)21-8-9-24(32-13-10-21)20(6-2)16-31-18-39-4;2*1-2/h6,8-9,13,16-17,22H,5,7,10-12,14-15,18,30H2,1-4H3;1-2H3;1-2H/b20-6+,31-16-;;. The Balaban J connectivity index is 0.00000155. The van der Waals surface area contributed by atoms with Crippen LogP contribution in [0.4, 0.5) is 5.82 Å². The van der Waals surface area contributed by atoms with Gasteiger partial charge in [0.15, 0.2) is 11.4 Å². The minimum absolute atomic E-state index is 0.0319. The highest BCUT2D eigenvalue weighted by molar-refractivity contribution is 6.00. The first-order valence-electron chi connectivity index (χ1n) is 14.8. The molecular weight excluding hydrogens is 542 g/mol. The number of rotatable bonds is 9. The number of amides is 1. The number of hydrogen-bond donors (Lipinski definition) is 1. The first kappa shape index (κ1) is 34.8. The van der Waals surface area contributed by atoms with Crippen molar-refractivity contribution in [3.63, 3.8) is 0 Å². The van der Waals surface area contributed by atoms with E-state index in [1.807, 2.05) is 57.0 Å². The summed E-state index contributed by atoms with van der Waals surface area (Å²) >= 11 is 0. The third-order valence-electron chi connectivity index (χ3n) is 7.13. The molecule has 4 heterocycles. The summed E-state index contributed by atoms with van der Waals surface area (Å²) in [5.74, 6) is 0.373. The molecule has 0 saturated carbocycles. The fraction of sp³-hybridized carbons (Fsp3) is 0.455. The zero-order valence-electron chi connectivity index (χ0n) is 26.3. The van der Waals surface area contributed by atoms with Crippen molar-refractivity contribution in [3.05, 3.63) is 52.5 Å². The van der Waals surface area contributed by atoms with Gasteiger partial charge in [-0.1, -0.05) is 32.9 Å². The van der Waals surface area contributed by atoms with Gasteiger partial charge in [-0.2, -0.15) is 9.61 Å². The summed E-state index contributed by atoms with van der Waals surface area (Å²) in [5.41, 5.74) is 11.8. The molecular formula is C33H45N7O3. The highest BCUT2D eigenvalue weighted by atomic mass is 16.5. The van der Waals surface area contributed by atoms with E-state index in [0.29, 0.717) is 48.7 Å². The summed E-state index contributed by atoms with van der Waals surface area (Å²) in [6.45, 7) is 11.0. The van der Waals surface area contributed by atoms with Crippen LogP contribution in [0.3, 0.4) is 0 Å². The SMILES string of the molecule is C#C.C/C=C(\C=N/COC)C1=CC=C(c2cnn3c(N)c(C(C)=O)c(C4CCN(C(=O)CCC)CC4)nc23)CC=N1.CC. The number of allylic oxidation sites excluding steroid dienone is 5. The lowest BCUT2D eigenvalue weighted by molar-refractivity contribution is -0.132. The molecule has 2 N–H and O–H groups in total. The Hall–Kier alpha value is -4.36. The summed E-state index contributed by atoms with van der Waals surface area (Å²) in [6.07, 6.45) is 22.7. The predicted octanol–water partition coefficient (Wildman–Crippen LogP) is 5.66. The van der Waals surface area contributed by atoms with E-state index in [4.69, 9.17) is 15.5 Å².